The molecule has 0 fully saturated rings. The van der Waals surface area contributed by atoms with Gasteiger partial charge in [0.2, 0.25) is 5.91 Å². The van der Waals surface area contributed by atoms with Gasteiger partial charge >= 0.3 is 0 Å². The smallest absolute Gasteiger partial charge is 0.224 e. The number of unbranched alkanes of at least 4 members (excludes halogenated alkanes) is 4. The molecular weight excluding hydrogens is 282 g/mol. The van der Waals surface area contributed by atoms with E-state index in [-0.39, 0.29) is 5.91 Å². The molecule has 2 heteroatoms. The molecule has 0 unspecified atom stereocenters. The van der Waals surface area contributed by atoms with Crippen LogP contribution < -0.4 is 5.32 Å². The molecule has 0 spiro atoms. The highest BCUT2D eigenvalue weighted by Crippen LogP contribution is 2.21. The van der Waals surface area contributed by atoms with Crippen molar-refractivity contribution in [1.82, 2.24) is 5.32 Å². The fourth-order valence-electron chi connectivity index (χ4n) is 2.85. The average Bonchev–Trinajstić information content (AvgIpc) is 2.59. The van der Waals surface area contributed by atoms with Gasteiger partial charge in [0.15, 0.2) is 0 Å². The highest BCUT2D eigenvalue weighted by atomic mass is 16.1. The summed E-state index contributed by atoms with van der Waals surface area (Å²) in [5, 5.41) is 3.02. The van der Waals surface area contributed by atoms with Crippen LogP contribution >= 0.6 is 0 Å². The third-order valence-electron chi connectivity index (χ3n) is 4.25. The quantitative estimate of drug-likeness (QED) is 0.635. The van der Waals surface area contributed by atoms with Gasteiger partial charge in [-0.1, -0.05) is 75.1 Å². The molecule has 1 aromatic rings. The van der Waals surface area contributed by atoms with E-state index in [1.54, 1.807) is 0 Å². The summed E-state index contributed by atoms with van der Waals surface area (Å²) in [5.41, 5.74) is 3.61. The van der Waals surface area contributed by atoms with E-state index in [0.717, 1.165) is 31.4 Å². The van der Waals surface area contributed by atoms with Crippen LogP contribution in [0.4, 0.5) is 0 Å². The van der Waals surface area contributed by atoms with Crippen LogP contribution in [-0.4, -0.2) is 12.5 Å². The second kappa shape index (κ2) is 10.0. The first-order chi connectivity index (χ1) is 11.3. The first-order valence-electron chi connectivity index (χ1n) is 9.02. The van der Waals surface area contributed by atoms with Crippen LogP contribution in [0.25, 0.3) is 5.57 Å². The van der Waals surface area contributed by atoms with Crippen LogP contribution in [0.1, 0.15) is 63.0 Å². The van der Waals surface area contributed by atoms with E-state index >= 15 is 0 Å². The molecular formula is C21H29NO. The number of nitrogens with one attached hydrogen (secondary N) is 1. The van der Waals surface area contributed by atoms with Crippen molar-refractivity contribution in [3.05, 3.63) is 53.6 Å². The number of benzene rings is 1. The molecule has 23 heavy (non-hydrogen) atoms. The first-order valence-corrected chi connectivity index (χ1v) is 9.02. The Balaban J connectivity index is 1.71. The molecule has 0 radical (unpaired) electrons. The van der Waals surface area contributed by atoms with Gasteiger partial charge in [-0.25, -0.2) is 0 Å². The van der Waals surface area contributed by atoms with E-state index in [1.807, 2.05) is 0 Å². The Labute approximate surface area is 140 Å². The number of amides is 1. The van der Waals surface area contributed by atoms with E-state index < -0.39 is 0 Å². The zero-order valence-electron chi connectivity index (χ0n) is 14.3. The first kappa shape index (κ1) is 17.5. The van der Waals surface area contributed by atoms with Crippen molar-refractivity contribution in [3.8, 4) is 0 Å². The molecule has 1 N–H and O–H groups in total. The second-order valence-corrected chi connectivity index (χ2v) is 6.28. The van der Waals surface area contributed by atoms with E-state index in [1.165, 1.54) is 36.8 Å². The third-order valence-corrected chi connectivity index (χ3v) is 4.25. The molecule has 1 aliphatic carbocycles. The van der Waals surface area contributed by atoms with Crippen molar-refractivity contribution in [3.63, 3.8) is 0 Å². The minimum Gasteiger partial charge on any atom is -0.356 e. The van der Waals surface area contributed by atoms with Gasteiger partial charge in [-0.15, -0.1) is 0 Å². The van der Waals surface area contributed by atoms with Gasteiger partial charge in [0.25, 0.3) is 0 Å². The maximum absolute atomic E-state index is 12.0. The van der Waals surface area contributed by atoms with Crippen LogP contribution in [0.3, 0.4) is 0 Å². The lowest BCUT2D eigenvalue weighted by atomic mass is 9.98. The van der Waals surface area contributed by atoms with Gasteiger partial charge in [0, 0.05) is 6.54 Å². The number of carbonyl (C=O) groups is 1. The van der Waals surface area contributed by atoms with E-state index in [0.29, 0.717) is 6.42 Å². The predicted molar refractivity (Wildman–Crippen MR) is 98.3 cm³/mol. The number of carbonyl (C=O) groups excluding carboxylic acids is 1. The summed E-state index contributed by atoms with van der Waals surface area (Å²) in [6.07, 6.45) is 15.6. The van der Waals surface area contributed by atoms with E-state index in [2.05, 4.69) is 54.7 Å². The monoisotopic (exact) mass is 311 g/mol. The highest BCUT2D eigenvalue weighted by molar-refractivity contribution is 5.79. The van der Waals surface area contributed by atoms with Crippen LogP contribution in [0.5, 0.6) is 0 Å². The summed E-state index contributed by atoms with van der Waals surface area (Å²) < 4.78 is 0. The normalized spacial score (nSPS) is 13.7. The molecule has 1 aromatic carbocycles. The lowest BCUT2D eigenvalue weighted by molar-refractivity contribution is -0.120. The largest absolute Gasteiger partial charge is 0.356 e. The molecule has 0 saturated heterocycles. The molecule has 0 aromatic heterocycles. The average molecular weight is 311 g/mol. The van der Waals surface area contributed by atoms with Crippen molar-refractivity contribution in [1.29, 1.82) is 0 Å². The summed E-state index contributed by atoms with van der Waals surface area (Å²) in [5.74, 6) is 0.130. The lowest BCUT2D eigenvalue weighted by Crippen LogP contribution is -2.26. The Morgan fingerprint density at radius 1 is 1.04 bits per heavy atom. The molecule has 1 amide bonds. The van der Waals surface area contributed by atoms with Crippen LogP contribution in [0, 0.1) is 0 Å². The summed E-state index contributed by atoms with van der Waals surface area (Å²) in [4.78, 5) is 12.0. The Kier molecular flexibility index (Phi) is 7.65. The van der Waals surface area contributed by atoms with Gasteiger partial charge in [-0.3, -0.25) is 4.79 Å². The minimum absolute atomic E-state index is 0.130. The second-order valence-electron chi connectivity index (χ2n) is 6.28. The molecule has 0 heterocycles. The Morgan fingerprint density at radius 3 is 2.52 bits per heavy atom. The molecule has 0 atom stereocenters. The molecule has 0 aliphatic heterocycles. The maximum Gasteiger partial charge on any atom is 0.224 e. The summed E-state index contributed by atoms with van der Waals surface area (Å²) >= 11 is 0. The Hall–Kier alpha value is -1.83. The van der Waals surface area contributed by atoms with Crippen LogP contribution in [0.15, 0.2) is 42.5 Å². The molecule has 2 rings (SSSR count). The van der Waals surface area contributed by atoms with E-state index in [9.17, 15) is 4.79 Å². The SMILES string of the molecule is CCCCCCCNC(=O)Cc1ccc(C2=CCCC=C2)cc1. The molecule has 0 saturated carbocycles. The van der Waals surface area contributed by atoms with Crippen molar-refractivity contribution >= 4 is 11.5 Å². The van der Waals surface area contributed by atoms with Gasteiger partial charge in [-0.2, -0.15) is 0 Å². The zero-order valence-corrected chi connectivity index (χ0v) is 14.3. The van der Waals surface area contributed by atoms with Crippen molar-refractivity contribution in [2.45, 2.75) is 58.3 Å². The highest BCUT2D eigenvalue weighted by Gasteiger charge is 2.05. The van der Waals surface area contributed by atoms with Gasteiger partial charge in [0.05, 0.1) is 6.42 Å². The third kappa shape index (κ3) is 6.43. The summed E-state index contributed by atoms with van der Waals surface area (Å²) in [7, 11) is 0. The molecule has 1 aliphatic rings. The van der Waals surface area contributed by atoms with Gasteiger partial charge < -0.3 is 5.32 Å². The predicted octanol–water partition coefficient (Wildman–Crippen LogP) is 5.05. The standard InChI is InChI=1S/C21H29NO/c1-2-3-4-5-9-16-22-21(23)17-18-12-14-20(15-13-18)19-10-7-6-8-11-19/h7,10-15H,2-6,8-9,16-17H2,1H3,(H,22,23). The summed E-state index contributed by atoms with van der Waals surface area (Å²) in [6, 6.07) is 8.38. The van der Waals surface area contributed by atoms with Gasteiger partial charge in [0.1, 0.15) is 0 Å². The molecule has 124 valence electrons. The summed E-state index contributed by atoms with van der Waals surface area (Å²) in [6.45, 7) is 3.02. The number of hydrogen-bond acceptors (Lipinski definition) is 1. The maximum atomic E-state index is 12.0. The Morgan fingerprint density at radius 2 is 1.83 bits per heavy atom. The molecule has 0 bridgehead atoms. The van der Waals surface area contributed by atoms with Crippen molar-refractivity contribution in [2.24, 2.45) is 0 Å². The number of rotatable bonds is 9. The minimum atomic E-state index is 0.130. The Bertz CT molecular complexity index is 539. The fraction of sp³-hybridized carbons (Fsp3) is 0.476. The van der Waals surface area contributed by atoms with Gasteiger partial charge in [-0.05, 0) is 36.0 Å². The fourth-order valence-corrected chi connectivity index (χ4v) is 2.85. The zero-order chi connectivity index (χ0) is 16.3. The van der Waals surface area contributed by atoms with E-state index in [4.69, 9.17) is 0 Å². The van der Waals surface area contributed by atoms with Crippen LogP contribution in [0.2, 0.25) is 0 Å². The number of allylic oxidation sites excluding steroid dienone is 4. The number of hydrogen-bond donors (Lipinski definition) is 1. The molecule has 2 nitrogen and oxygen atoms in total. The van der Waals surface area contributed by atoms with Crippen LogP contribution in [-0.2, 0) is 11.2 Å². The topological polar surface area (TPSA) is 29.1 Å². The van der Waals surface area contributed by atoms with Crippen molar-refractivity contribution in [2.75, 3.05) is 6.54 Å². The van der Waals surface area contributed by atoms with Crippen molar-refractivity contribution < 1.29 is 4.79 Å². The lowest BCUT2D eigenvalue weighted by Gasteiger charge is -2.09.